The molecule has 1 N–H and O–H groups in total. The van der Waals surface area contributed by atoms with Crippen molar-refractivity contribution in [3.63, 3.8) is 0 Å². The average molecular weight is 270 g/mol. The second kappa shape index (κ2) is 4.68. The van der Waals surface area contributed by atoms with Gasteiger partial charge < -0.3 is 0 Å². The smallest absolute Gasteiger partial charge is 0.262 e. The first-order valence-corrected chi connectivity index (χ1v) is 5.07. The Morgan fingerprint density at radius 2 is 2.05 bits per heavy atom. The number of nitrogens with zero attached hydrogens (tertiary/aromatic N) is 3. The molecule has 0 aliphatic carbocycles. The fourth-order valence-corrected chi connectivity index (χ4v) is 1.52. The van der Waals surface area contributed by atoms with Gasteiger partial charge in [-0.2, -0.15) is 23.5 Å². The predicted molar refractivity (Wildman–Crippen MR) is 56.1 cm³/mol. The molecule has 0 unspecified atom stereocenters. The third-order valence-electron chi connectivity index (χ3n) is 2.31. The zero-order chi connectivity index (χ0) is 14.0. The van der Waals surface area contributed by atoms with Crippen LogP contribution in [-0.2, 0) is 12.6 Å². The summed E-state index contributed by atoms with van der Waals surface area (Å²) in [6.07, 6.45) is -4.76. The minimum Gasteiger partial charge on any atom is -0.262 e. The molecule has 0 fully saturated rings. The van der Waals surface area contributed by atoms with E-state index >= 15 is 0 Å². The lowest BCUT2D eigenvalue weighted by Gasteiger charge is -2.10. The zero-order valence-corrected chi connectivity index (χ0v) is 9.29. The highest BCUT2D eigenvalue weighted by Gasteiger charge is 2.34. The van der Waals surface area contributed by atoms with Crippen LogP contribution in [0.25, 0.3) is 11.4 Å². The lowest BCUT2D eigenvalue weighted by atomic mass is 10.1. The van der Waals surface area contributed by atoms with Gasteiger partial charge in [-0.15, -0.1) is 0 Å². The number of nitrogens with one attached hydrogen (secondary N) is 1. The van der Waals surface area contributed by atoms with Crippen LogP contribution in [0.1, 0.15) is 11.4 Å². The maximum atomic E-state index is 13.1. The van der Waals surface area contributed by atoms with Gasteiger partial charge in [0.25, 0.3) is 0 Å². The number of halogens is 4. The summed E-state index contributed by atoms with van der Waals surface area (Å²) in [4.78, 5) is 3.73. The maximum absolute atomic E-state index is 13.1. The van der Waals surface area contributed by atoms with Gasteiger partial charge in [0, 0.05) is 5.56 Å². The summed E-state index contributed by atoms with van der Waals surface area (Å²) in [6.45, 7) is 0. The average Bonchev–Trinajstić information content (AvgIpc) is 2.76. The molecule has 0 amide bonds. The number of nitriles is 1. The minimum absolute atomic E-state index is 0.120. The number of alkyl halides is 3. The van der Waals surface area contributed by atoms with Crippen molar-refractivity contribution in [1.29, 1.82) is 5.26 Å². The quantitative estimate of drug-likeness (QED) is 0.853. The molecule has 2 rings (SSSR count). The fraction of sp³-hybridized carbons (Fsp3) is 0.182. The number of hydrogen-bond donors (Lipinski definition) is 1. The van der Waals surface area contributed by atoms with Crippen LogP contribution in [-0.4, -0.2) is 15.2 Å². The van der Waals surface area contributed by atoms with E-state index in [1.165, 1.54) is 0 Å². The molecule has 0 spiro atoms. The van der Waals surface area contributed by atoms with Crippen molar-refractivity contribution in [2.75, 3.05) is 0 Å². The number of hydrogen-bond acceptors (Lipinski definition) is 3. The van der Waals surface area contributed by atoms with Gasteiger partial charge >= 0.3 is 6.18 Å². The van der Waals surface area contributed by atoms with Gasteiger partial charge in [0.15, 0.2) is 5.82 Å². The number of benzene rings is 1. The van der Waals surface area contributed by atoms with Crippen molar-refractivity contribution < 1.29 is 17.6 Å². The molecule has 0 aliphatic heterocycles. The Morgan fingerprint density at radius 1 is 1.32 bits per heavy atom. The minimum atomic E-state index is -4.64. The number of aromatic amines is 1. The van der Waals surface area contributed by atoms with E-state index in [2.05, 4.69) is 15.2 Å². The Hall–Kier alpha value is -2.43. The molecule has 0 saturated carbocycles. The van der Waals surface area contributed by atoms with E-state index in [0.29, 0.717) is 12.1 Å². The summed E-state index contributed by atoms with van der Waals surface area (Å²) in [5.74, 6) is -0.999. The van der Waals surface area contributed by atoms with Gasteiger partial charge in [0.05, 0.1) is 18.1 Å². The topological polar surface area (TPSA) is 65.4 Å². The summed E-state index contributed by atoms with van der Waals surface area (Å²) in [7, 11) is 0. The van der Waals surface area contributed by atoms with Crippen LogP contribution >= 0.6 is 0 Å². The lowest BCUT2D eigenvalue weighted by molar-refractivity contribution is -0.137. The van der Waals surface area contributed by atoms with Crippen molar-refractivity contribution in [2.24, 2.45) is 0 Å². The molecule has 1 heterocycles. The van der Waals surface area contributed by atoms with E-state index < -0.39 is 23.1 Å². The van der Waals surface area contributed by atoms with Gasteiger partial charge in [-0.25, -0.2) is 9.37 Å². The lowest BCUT2D eigenvalue weighted by Crippen LogP contribution is -2.08. The molecule has 2 aromatic rings. The van der Waals surface area contributed by atoms with Crippen LogP contribution in [0, 0.1) is 17.1 Å². The molecular weight excluding hydrogens is 264 g/mol. The molecule has 19 heavy (non-hydrogen) atoms. The van der Waals surface area contributed by atoms with Gasteiger partial charge in [0.1, 0.15) is 11.6 Å². The highest BCUT2D eigenvalue weighted by molar-refractivity contribution is 5.61. The largest absolute Gasteiger partial charge is 0.417 e. The maximum Gasteiger partial charge on any atom is 0.417 e. The molecule has 0 saturated heterocycles. The number of aromatic nitrogens is 3. The molecule has 1 aromatic carbocycles. The molecule has 98 valence electrons. The van der Waals surface area contributed by atoms with E-state index in [1.807, 2.05) is 0 Å². The summed E-state index contributed by atoms with van der Waals surface area (Å²) in [6, 6.07) is 3.83. The first-order chi connectivity index (χ1) is 8.91. The van der Waals surface area contributed by atoms with Crippen molar-refractivity contribution in [1.82, 2.24) is 15.2 Å². The van der Waals surface area contributed by atoms with E-state index in [4.69, 9.17) is 5.26 Å². The van der Waals surface area contributed by atoms with E-state index in [0.717, 1.165) is 6.07 Å². The molecule has 8 heteroatoms. The van der Waals surface area contributed by atoms with Gasteiger partial charge in [-0.3, -0.25) is 5.10 Å². The van der Waals surface area contributed by atoms with Gasteiger partial charge in [0.2, 0.25) is 0 Å². The van der Waals surface area contributed by atoms with Crippen molar-refractivity contribution in [3.8, 4) is 17.5 Å². The normalized spacial score (nSPS) is 11.3. The molecule has 1 aromatic heterocycles. The summed E-state index contributed by atoms with van der Waals surface area (Å²) < 4.78 is 51.4. The number of H-pyrrole nitrogens is 1. The van der Waals surface area contributed by atoms with E-state index in [9.17, 15) is 17.6 Å². The van der Waals surface area contributed by atoms with Crippen molar-refractivity contribution >= 4 is 0 Å². The Kier molecular flexibility index (Phi) is 3.21. The summed E-state index contributed by atoms with van der Waals surface area (Å²) in [5, 5.41) is 14.3. The number of rotatable bonds is 2. The third kappa shape index (κ3) is 2.70. The van der Waals surface area contributed by atoms with E-state index in [1.54, 1.807) is 6.07 Å². The summed E-state index contributed by atoms with van der Waals surface area (Å²) >= 11 is 0. The van der Waals surface area contributed by atoms with Crippen LogP contribution in [0.4, 0.5) is 17.6 Å². The highest BCUT2D eigenvalue weighted by Crippen LogP contribution is 2.36. The predicted octanol–water partition coefficient (Wildman–Crippen LogP) is 2.70. The molecular formula is C11H6F4N4. The van der Waals surface area contributed by atoms with Crippen LogP contribution in [0.2, 0.25) is 0 Å². The van der Waals surface area contributed by atoms with Crippen molar-refractivity contribution in [2.45, 2.75) is 12.6 Å². The Balaban J connectivity index is 2.54. The molecule has 0 atom stereocenters. The SMILES string of the molecule is N#CCc1nc(-c2cc(F)ccc2C(F)(F)F)n[nH]1. The first kappa shape index (κ1) is 13.0. The van der Waals surface area contributed by atoms with Gasteiger partial charge in [-0.05, 0) is 18.2 Å². The molecule has 0 radical (unpaired) electrons. The monoisotopic (exact) mass is 270 g/mol. The first-order valence-electron chi connectivity index (χ1n) is 5.07. The van der Waals surface area contributed by atoms with Crippen molar-refractivity contribution in [3.05, 3.63) is 35.4 Å². The second-order valence-corrected chi connectivity index (χ2v) is 3.63. The molecule has 0 bridgehead atoms. The Bertz CT molecular complexity index is 639. The van der Waals surface area contributed by atoms with Crippen LogP contribution in [0.15, 0.2) is 18.2 Å². The highest BCUT2D eigenvalue weighted by atomic mass is 19.4. The van der Waals surface area contributed by atoms with Crippen LogP contribution in [0.3, 0.4) is 0 Å². The third-order valence-corrected chi connectivity index (χ3v) is 2.31. The summed E-state index contributed by atoms with van der Waals surface area (Å²) in [5.41, 5.74) is -1.50. The Labute approximate surface area is 104 Å². The van der Waals surface area contributed by atoms with Crippen LogP contribution < -0.4 is 0 Å². The Morgan fingerprint density at radius 3 is 2.68 bits per heavy atom. The van der Waals surface area contributed by atoms with Gasteiger partial charge in [-0.1, -0.05) is 0 Å². The molecule has 0 aliphatic rings. The standard InChI is InChI=1S/C11H6F4N4/c12-6-1-2-8(11(13,14)15)7(5-6)10-17-9(3-4-16)18-19-10/h1-2,5H,3H2,(H,17,18,19). The molecule has 4 nitrogen and oxygen atoms in total. The zero-order valence-electron chi connectivity index (χ0n) is 9.29. The van der Waals surface area contributed by atoms with E-state index in [-0.39, 0.29) is 18.1 Å². The fourth-order valence-electron chi connectivity index (χ4n) is 1.52. The van der Waals surface area contributed by atoms with Crippen LogP contribution in [0.5, 0.6) is 0 Å². The second-order valence-electron chi connectivity index (χ2n) is 3.63.